The van der Waals surface area contributed by atoms with Crippen LogP contribution in [-0.2, 0) is 0 Å². The van der Waals surface area contributed by atoms with Gasteiger partial charge in [-0.15, -0.1) is 0 Å². The summed E-state index contributed by atoms with van der Waals surface area (Å²) in [5.41, 5.74) is 34.1. The zero-order chi connectivity index (χ0) is 70.7. The monoisotopic (exact) mass is 1360 g/mol. The normalized spacial score (nSPS) is 12.1. The second-order valence-corrected chi connectivity index (χ2v) is 28.2. The van der Waals surface area contributed by atoms with Crippen molar-refractivity contribution in [1.82, 2.24) is 4.98 Å². The smallest absolute Gasteiger partial charge is 0.252 e. The van der Waals surface area contributed by atoms with E-state index in [-0.39, 0.29) is 6.71 Å². The number of aromatic nitrogens is 1. The lowest BCUT2D eigenvalue weighted by molar-refractivity contribution is 1.26. The molecule has 0 aliphatic carbocycles. The van der Waals surface area contributed by atoms with Gasteiger partial charge in [-0.25, -0.2) is 4.98 Å². The fourth-order valence-electron chi connectivity index (χ4n) is 16.5. The highest BCUT2D eigenvalue weighted by molar-refractivity contribution is 7.00. The van der Waals surface area contributed by atoms with Gasteiger partial charge in [0.25, 0.3) is 6.71 Å². The summed E-state index contributed by atoms with van der Waals surface area (Å²) in [6, 6.07) is 153. The Balaban J connectivity index is 0.932. The van der Waals surface area contributed by atoms with Gasteiger partial charge in [0.15, 0.2) is 0 Å². The van der Waals surface area contributed by atoms with Gasteiger partial charge in [0, 0.05) is 45.3 Å². The van der Waals surface area contributed by atoms with Crippen LogP contribution in [0.15, 0.2) is 413 Å². The van der Waals surface area contributed by atoms with Crippen LogP contribution in [0.25, 0.3) is 144 Å². The molecule has 0 N–H and O–H groups in total. The van der Waals surface area contributed by atoms with Crippen molar-refractivity contribution in [3.63, 3.8) is 0 Å². The molecule has 1 aromatic heterocycles. The molecule has 20 rings (SSSR count). The van der Waals surface area contributed by atoms with Gasteiger partial charge in [0.2, 0.25) is 0 Å². The standard InChI is InChI=1S/C103H68BN3/c1-9-29-69(30-10-1)81-49-82(70-31-11-2-12-32-70)54-91(53-81)97-63-89(64-98(105-97)92-55-83(71-33-13-3-14-34-71)50-84(56-92)72-35-15-4-16-36-72)90-67-101-103-102(68-90)107(94-59-87(75-41-21-7-22-42-75)52-88(60-94)76-43-23-8-24-44-76)100-66-80-48-28-26-46-78(80)62-96(100)104(103)95-61-77-45-25-27-47-79(77)65-99(95)106(101)93-57-85(73-37-17-5-18-38-73)51-86(58-93)74-39-19-6-20-40-74/h1-68H. The molecule has 0 saturated carbocycles. The van der Waals surface area contributed by atoms with Crippen LogP contribution in [0.2, 0.25) is 0 Å². The molecule has 0 spiro atoms. The first-order valence-electron chi connectivity index (χ1n) is 36.9. The second kappa shape index (κ2) is 26.7. The largest absolute Gasteiger partial charge is 0.311 e. The van der Waals surface area contributed by atoms with E-state index < -0.39 is 0 Å². The van der Waals surface area contributed by atoms with E-state index in [1.807, 2.05) is 0 Å². The molecular formula is C103H68BN3. The molecular weight excluding hydrogens is 1290 g/mol. The first kappa shape index (κ1) is 62.8. The molecule has 498 valence electrons. The Labute approximate surface area is 624 Å². The molecule has 3 nitrogen and oxygen atoms in total. The van der Waals surface area contributed by atoms with Crippen LogP contribution in [-0.4, -0.2) is 11.7 Å². The maximum Gasteiger partial charge on any atom is 0.252 e. The van der Waals surface area contributed by atoms with E-state index in [1.54, 1.807) is 0 Å². The highest BCUT2D eigenvalue weighted by Crippen LogP contribution is 2.51. The van der Waals surface area contributed by atoms with Crippen LogP contribution in [0.1, 0.15) is 0 Å². The molecule has 3 heterocycles. The lowest BCUT2D eigenvalue weighted by atomic mass is 9.33. The highest BCUT2D eigenvalue weighted by Gasteiger charge is 2.44. The maximum atomic E-state index is 5.97. The van der Waals surface area contributed by atoms with Crippen molar-refractivity contribution in [2.45, 2.75) is 0 Å². The van der Waals surface area contributed by atoms with E-state index in [0.29, 0.717) is 0 Å². The first-order valence-corrected chi connectivity index (χ1v) is 36.9. The number of pyridine rings is 1. The number of fused-ring (bicyclic) bond motifs is 6. The lowest BCUT2D eigenvalue weighted by Crippen LogP contribution is -2.61. The lowest BCUT2D eigenvalue weighted by Gasteiger charge is -2.45. The predicted molar refractivity (Wildman–Crippen MR) is 453 cm³/mol. The summed E-state index contributed by atoms with van der Waals surface area (Å²) in [6.45, 7) is -0.213. The molecule has 107 heavy (non-hydrogen) atoms. The van der Waals surface area contributed by atoms with Crippen molar-refractivity contribution >= 4 is 78.8 Å². The Hall–Kier alpha value is -13.9. The Morgan fingerprint density at radius 2 is 0.383 bits per heavy atom. The summed E-state index contributed by atoms with van der Waals surface area (Å²) in [5, 5.41) is 4.73. The number of hydrogen-bond acceptors (Lipinski definition) is 3. The number of benzene rings is 17. The van der Waals surface area contributed by atoms with Crippen LogP contribution in [0.4, 0.5) is 34.1 Å². The summed E-state index contributed by atoms with van der Waals surface area (Å²) in [5.74, 6) is 0. The van der Waals surface area contributed by atoms with Crippen molar-refractivity contribution in [3.8, 4) is 123 Å². The third-order valence-corrected chi connectivity index (χ3v) is 21.6. The van der Waals surface area contributed by atoms with E-state index in [2.05, 4.69) is 422 Å². The topological polar surface area (TPSA) is 19.4 Å². The van der Waals surface area contributed by atoms with E-state index in [9.17, 15) is 0 Å². The van der Waals surface area contributed by atoms with Gasteiger partial charge in [0.1, 0.15) is 0 Å². The fourth-order valence-corrected chi connectivity index (χ4v) is 16.5. The quantitative estimate of drug-likeness (QED) is 0.107. The average Bonchev–Trinajstić information content (AvgIpc) is 0.689. The minimum atomic E-state index is -0.213. The van der Waals surface area contributed by atoms with Crippen molar-refractivity contribution in [1.29, 1.82) is 0 Å². The molecule has 0 saturated heterocycles. The summed E-state index contributed by atoms with van der Waals surface area (Å²) in [4.78, 5) is 11.2. The van der Waals surface area contributed by atoms with Gasteiger partial charge in [-0.05, 0) is 247 Å². The molecule has 0 atom stereocenters. The fraction of sp³-hybridized carbons (Fsp3) is 0. The third kappa shape index (κ3) is 11.8. The molecule has 18 aromatic rings. The second-order valence-electron chi connectivity index (χ2n) is 28.2. The summed E-state index contributed by atoms with van der Waals surface area (Å²) in [7, 11) is 0. The van der Waals surface area contributed by atoms with Crippen LogP contribution in [0.3, 0.4) is 0 Å². The van der Waals surface area contributed by atoms with E-state index >= 15 is 0 Å². The van der Waals surface area contributed by atoms with E-state index in [1.165, 1.54) is 37.9 Å². The van der Waals surface area contributed by atoms with Gasteiger partial charge < -0.3 is 9.80 Å². The molecule has 2 aliphatic rings. The van der Waals surface area contributed by atoms with Crippen LogP contribution in [0, 0.1) is 0 Å². The minimum Gasteiger partial charge on any atom is -0.311 e. The Bertz CT molecular complexity index is 5800. The summed E-state index contributed by atoms with van der Waals surface area (Å²) >= 11 is 0. The minimum absolute atomic E-state index is 0.213. The summed E-state index contributed by atoms with van der Waals surface area (Å²) in [6.07, 6.45) is 0. The third-order valence-electron chi connectivity index (χ3n) is 21.6. The zero-order valence-corrected chi connectivity index (χ0v) is 58.7. The Morgan fingerprint density at radius 3 is 0.654 bits per heavy atom. The molecule has 0 fully saturated rings. The molecule has 0 bridgehead atoms. The number of anilines is 6. The van der Waals surface area contributed by atoms with Gasteiger partial charge in [-0.1, -0.05) is 303 Å². The highest BCUT2D eigenvalue weighted by atomic mass is 15.2. The molecule has 17 aromatic carbocycles. The molecule has 4 heteroatoms. The van der Waals surface area contributed by atoms with Crippen molar-refractivity contribution in [2.24, 2.45) is 0 Å². The average molecular weight is 1360 g/mol. The zero-order valence-electron chi connectivity index (χ0n) is 58.7. The molecule has 0 unspecified atom stereocenters. The van der Waals surface area contributed by atoms with Crippen molar-refractivity contribution in [2.75, 3.05) is 9.80 Å². The predicted octanol–water partition coefficient (Wildman–Crippen LogP) is 25.8. The van der Waals surface area contributed by atoms with Crippen LogP contribution < -0.4 is 26.2 Å². The Morgan fingerprint density at radius 1 is 0.168 bits per heavy atom. The van der Waals surface area contributed by atoms with Crippen LogP contribution in [0.5, 0.6) is 0 Å². The van der Waals surface area contributed by atoms with Gasteiger partial charge in [0.05, 0.1) is 11.4 Å². The SMILES string of the molecule is c1ccc(-c2cc(-c3ccccc3)cc(-c3cc(-c4cc5c6c(c4)N(c4cc(-c7ccccc7)cc(-c7ccccc7)c4)c4cc7ccccc7cc4B6c4cc6ccccc6cc4N5c4cc(-c5ccccc5)cc(-c5ccccc5)c4)cc(-c4cc(-c5ccccc5)cc(-c5ccccc5)c4)n3)c2)cc1. The van der Waals surface area contributed by atoms with Crippen LogP contribution >= 0.6 is 0 Å². The van der Waals surface area contributed by atoms with Gasteiger partial charge in [-0.2, -0.15) is 0 Å². The van der Waals surface area contributed by atoms with E-state index in [0.717, 1.165) is 157 Å². The number of nitrogens with zero attached hydrogens (tertiary/aromatic N) is 3. The Kier molecular flexibility index (Phi) is 15.7. The summed E-state index contributed by atoms with van der Waals surface area (Å²) < 4.78 is 0. The van der Waals surface area contributed by atoms with Gasteiger partial charge >= 0.3 is 0 Å². The van der Waals surface area contributed by atoms with Crippen molar-refractivity contribution in [3.05, 3.63) is 413 Å². The first-order chi connectivity index (χ1) is 53.0. The molecule has 2 aliphatic heterocycles. The van der Waals surface area contributed by atoms with Crippen molar-refractivity contribution < 1.29 is 0 Å². The van der Waals surface area contributed by atoms with E-state index in [4.69, 9.17) is 4.98 Å². The maximum absolute atomic E-state index is 5.97. The van der Waals surface area contributed by atoms with Gasteiger partial charge in [-0.3, -0.25) is 0 Å². The number of hydrogen-bond donors (Lipinski definition) is 0. The molecule has 0 amide bonds. The number of rotatable bonds is 13. The molecule has 0 radical (unpaired) electrons.